The second-order valence-electron chi connectivity index (χ2n) is 3.43. The van der Waals surface area contributed by atoms with Crippen molar-refractivity contribution < 1.29 is 14.3 Å². The summed E-state index contributed by atoms with van der Waals surface area (Å²) in [4.78, 5) is 11.5. The van der Waals surface area contributed by atoms with E-state index in [9.17, 15) is 4.79 Å². The molecule has 0 N–H and O–H groups in total. The van der Waals surface area contributed by atoms with Gasteiger partial charge < -0.3 is 9.47 Å². The summed E-state index contributed by atoms with van der Waals surface area (Å²) in [7, 11) is 2.88. The first-order chi connectivity index (χ1) is 8.04. The molecular weight excluding hydrogens is 333 g/mol. The zero-order valence-electron chi connectivity index (χ0n) is 9.78. The van der Waals surface area contributed by atoms with E-state index < -0.39 is 5.92 Å². The Morgan fingerprint density at radius 2 is 2.12 bits per heavy atom. The minimum atomic E-state index is -0.486. The van der Waals surface area contributed by atoms with Gasteiger partial charge in [0.1, 0.15) is 5.75 Å². The van der Waals surface area contributed by atoms with Gasteiger partial charge in [0, 0.05) is 0 Å². The largest absolute Gasteiger partial charge is 0.496 e. The van der Waals surface area contributed by atoms with Crippen LogP contribution in [0, 0.1) is 14.9 Å². The number of halogens is 1. The van der Waals surface area contributed by atoms with Crippen LogP contribution in [-0.4, -0.2) is 20.2 Å². The molecular formula is C12H12INO3. The maximum Gasteiger partial charge on any atom is 0.312 e. The topological polar surface area (TPSA) is 59.3 Å². The van der Waals surface area contributed by atoms with Crippen molar-refractivity contribution in [1.29, 1.82) is 5.26 Å². The first kappa shape index (κ1) is 13.8. The molecule has 1 unspecified atom stereocenters. The van der Waals surface area contributed by atoms with Crippen molar-refractivity contribution in [3.05, 3.63) is 26.8 Å². The predicted octanol–water partition coefficient (Wildman–Crippen LogP) is 2.45. The lowest BCUT2D eigenvalue weighted by molar-refractivity contribution is -0.142. The van der Waals surface area contributed by atoms with Crippen LogP contribution in [0.1, 0.15) is 24.0 Å². The van der Waals surface area contributed by atoms with Crippen LogP contribution in [0.25, 0.3) is 0 Å². The Balaban J connectivity index is 3.31. The first-order valence-corrected chi connectivity index (χ1v) is 5.98. The van der Waals surface area contributed by atoms with Crippen LogP contribution in [0.15, 0.2) is 12.1 Å². The third-order valence-electron chi connectivity index (χ3n) is 2.47. The molecule has 0 aliphatic heterocycles. The summed E-state index contributed by atoms with van der Waals surface area (Å²) in [5.74, 6) is -0.208. The van der Waals surface area contributed by atoms with Crippen LogP contribution >= 0.6 is 22.6 Å². The van der Waals surface area contributed by atoms with Gasteiger partial charge in [-0.3, -0.25) is 4.79 Å². The van der Waals surface area contributed by atoms with Gasteiger partial charge in [0.05, 0.1) is 35.3 Å². The quantitative estimate of drug-likeness (QED) is 0.624. The highest BCUT2D eigenvalue weighted by Crippen LogP contribution is 2.29. The maximum atomic E-state index is 11.5. The second-order valence-corrected chi connectivity index (χ2v) is 4.59. The molecule has 1 rings (SSSR count). The zero-order valence-corrected chi connectivity index (χ0v) is 11.9. The number of carbonyl (C=O) groups excluding carboxylic acids is 1. The Morgan fingerprint density at radius 3 is 2.59 bits per heavy atom. The highest BCUT2D eigenvalue weighted by atomic mass is 127. The van der Waals surface area contributed by atoms with Crippen molar-refractivity contribution in [3.63, 3.8) is 0 Å². The Labute approximate surface area is 114 Å². The van der Waals surface area contributed by atoms with Gasteiger partial charge in [-0.25, -0.2) is 0 Å². The van der Waals surface area contributed by atoms with Gasteiger partial charge in [-0.2, -0.15) is 5.26 Å². The average molecular weight is 345 g/mol. The van der Waals surface area contributed by atoms with E-state index in [1.165, 1.54) is 7.11 Å². The maximum absolute atomic E-state index is 11.5. The molecule has 1 atom stereocenters. The third-order valence-corrected chi connectivity index (χ3v) is 3.31. The minimum Gasteiger partial charge on any atom is -0.496 e. The smallest absolute Gasteiger partial charge is 0.312 e. The molecule has 0 aliphatic rings. The Hall–Kier alpha value is -1.29. The highest BCUT2D eigenvalue weighted by molar-refractivity contribution is 14.1. The molecule has 0 aromatic heterocycles. The van der Waals surface area contributed by atoms with Crippen molar-refractivity contribution in [2.75, 3.05) is 14.2 Å². The van der Waals surface area contributed by atoms with Gasteiger partial charge in [-0.05, 0) is 47.2 Å². The molecule has 0 fully saturated rings. The number of ether oxygens (including phenoxy) is 2. The summed E-state index contributed by atoms with van der Waals surface area (Å²) in [6.45, 7) is 1.70. The van der Waals surface area contributed by atoms with Gasteiger partial charge in [-0.15, -0.1) is 0 Å². The molecule has 5 heteroatoms. The van der Waals surface area contributed by atoms with Crippen LogP contribution in [0.5, 0.6) is 5.75 Å². The summed E-state index contributed by atoms with van der Waals surface area (Å²) in [6.07, 6.45) is 0. The van der Waals surface area contributed by atoms with Crippen LogP contribution in [0.4, 0.5) is 0 Å². The van der Waals surface area contributed by atoms with Crippen molar-refractivity contribution in [2.45, 2.75) is 12.8 Å². The van der Waals surface area contributed by atoms with Gasteiger partial charge in [0.15, 0.2) is 0 Å². The molecule has 0 spiro atoms. The van der Waals surface area contributed by atoms with E-state index in [1.54, 1.807) is 26.2 Å². The number of rotatable bonds is 3. The standard InChI is InChI=1S/C12H12INO3/c1-7(12(15)17-3)9-5-11(16-2)10(13)4-8(9)6-14/h4-5,7H,1-3H3. The lowest BCUT2D eigenvalue weighted by atomic mass is 9.96. The molecule has 0 radical (unpaired) electrons. The van der Waals surface area contributed by atoms with Gasteiger partial charge in [0.2, 0.25) is 0 Å². The van der Waals surface area contributed by atoms with Gasteiger partial charge in [-0.1, -0.05) is 0 Å². The van der Waals surface area contributed by atoms with Crippen LogP contribution in [0.2, 0.25) is 0 Å². The lowest BCUT2D eigenvalue weighted by Crippen LogP contribution is -2.12. The fraction of sp³-hybridized carbons (Fsp3) is 0.333. The number of hydrogen-bond donors (Lipinski definition) is 0. The molecule has 0 heterocycles. The fourth-order valence-electron chi connectivity index (χ4n) is 1.48. The van der Waals surface area contributed by atoms with E-state index in [4.69, 9.17) is 10.00 Å². The zero-order chi connectivity index (χ0) is 13.0. The predicted molar refractivity (Wildman–Crippen MR) is 70.9 cm³/mol. The molecule has 4 nitrogen and oxygen atoms in total. The Bertz CT molecular complexity index is 479. The molecule has 0 saturated carbocycles. The van der Waals surface area contributed by atoms with E-state index in [-0.39, 0.29) is 5.97 Å². The second kappa shape index (κ2) is 5.87. The first-order valence-electron chi connectivity index (χ1n) is 4.90. The molecule has 0 aliphatic carbocycles. The molecule has 1 aromatic rings. The van der Waals surface area contributed by atoms with Crippen molar-refractivity contribution in [2.24, 2.45) is 0 Å². The van der Waals surface area contributed by atoms with Gasteiger partial charge >= 0.3 is 5.97 Å². The Morgan fingerprint density at radius 1 is 1.47 bits per heavy atom. The number of methoxy groups -OCH3 is 2. The van der Waals surface area contributed by atoms with Crippen LogP contribution < -0.4 is 4.74 Å². The van der Waals surface area contributed by atoms with Crippen molar-refractivity contribution in [3.8, 4) is 11.8 Å². The third kappa shape index (κ3) is 2.88. The van der Waals surface area contributed by atoms with E-state index in [2.05, 4.69) is 33.4 Å². The van der Waals surface area contributed by atoms with Crippen molar-refractivity contribution >= 4 is 28.6 Å². The van der Waals surface area contributed by atoms with E-state index in [0.717, 1.165) is 3.57 Å². The summed E-state index contributed by atoms with van der Waals surface area (Å²) in [6, 6.07) is 5.49. The normalized spacial score (nSPS) is 11.5. The SMILES string of the molecule is COC(=O)C(C)c1cc(OC)c(I)cc1C#N. The molecule has 0 bridgehead atoms. The lowest BCUT2D eigenvalue weighted by Gasteiger charge is -2.13. The summed E-state index contributed by atoms with van der Waals surface area (Å²) in [5.41, 5.74) is 1.09. The van der Waals surface area contributed by atoms with Crippen LogP contribution in [0.3, 0.4) is 0 Å². The fourth-order valence-corrected chi connectivity index (χ4v) is 2.17. The molecule has 0 saturated heterocycles. The summed E-state index contributed by atoms with van der Waals surface area (Å²) < 4.78 is 10.7. The average Bonchev–Trinajstić information content (AvgIpc) is 2.36. The summed E-state index contributed by atoms with van der Waals surface area (Å²) >= 11 is 2.08. The molecule has 17 heavy (non-hydrogen) atoms. The number of benzene rings is 1. The number of hydrogen-bond acceptors (Lipinski definition) is 4. The number of nitrogens with zero attached hydrogens (tertiary/aromatic N) is 1. The molecule has 1 aromatic carbocycles. The number of carbonyl (C=O) groups is 1. The van der Waals surface area contributed by atoms with Crippen LogP contribution in [-0.2, 0) is 9.53 Å². The minimum absolute atomic E-state index is 0.371. The molecule has 90 valence electrons. The number of nitriles is 1. The van der Waals surface area contributed by atoms with E-state index in [0.29, 0.717) is 16.9 Å². The van der Waals surface area contributed by atoms with E-state index in [1.807, 2.05) is 0 Å². The molecule has 0 amide bonds. The summed E-state index contributed by atoms with van der Waals surface area (Å²) in [5, 5.41) is 9.06. The number of esters is 1. The van der Waals surface area contributed by atoms with Gasteiger partial charge in [0.25, 0.3) is 0 Å². The highest BCUT2D eigenvalue weighted by Gasteiger charge is 2.21. The van der Waals surface area contributed by atoms with Crippen molar-refractivity contribution in [1.82, 2.24) is 0 Å². The van der Waals surface area contributed by atoms with E-state index >= 15 is 0 Å². The Kier molecular flexibility index (Phi) is 4.75. The monoisotopic (exact) mass is 345 g/mol.